The molecule has 0 N–H and O–H groups in total. The molecule has 0 aliphatic carbocycles. The summed E-state index contributed by atoms with van der Waals surface area (Å²) < 4.78 is 10.9. The third kappa shape index (κ3) is 3.86. The maximum absolute atomic E-state index is 11.7. The summed E-state index contributed by atoms with van der Waals surface area (Å²) in [7, 11) is 4.98. The molecule has 0 unspecified atom stereocenters. The van der Waals surface area contributed by atoms with Gasteiger partial charge in [-0.05, 0) is 48.0 Å². The molecule has 0 spiro atoms. The summed E-state index contributed by atoms with van der Waals surface area (Å²) in [6, 6.07) is 5.81. The van der Waals surface area contributed by atoms with Crippen molar-refractivity contribution in [3.8, 4) is 5.75 Å². The molecule has 4 nitrogen and oxygen atoms in total. The predicted molar refractivity (Wildman–Crippen MR) is 79.8 cm³/mol. The largest absolute Gasteiger partial charge is 0.496 e. The molecule has 0 aliphatic rings. The highest BCUT2D eigenvalue weighted by Gasteiger charge is 2.30. The third-order valence-corrected chi connectivity index (χ3v) is 3.57. The molecule has 0 aliphatic heterocycles. The van der Waals surface area contributed by atoms with Crippen LogP contribution in [0.25, 0.3) is 0 Å². The van der Waals surface area contributed by atoms with Crippen molar-refractivity contribution in [3.63, 3.8) is 0 Å². The Bertz CT molecular complexity index is 460. The van der Waals surface area contributed by atoms with E-state index in [4.69, 9.17) is 9.47 Å². The minimum absolute atomic E-state index is 0.216. The molecule has 5 heteroatoms. The van der Waals surface area contributed by atoms with Gasteiger partial charge in [0.1, 0.15) is 5.75 Å². The lowest BCUT2D eigenvalue weighted by atomic mass is 9.93. The van der Waals surface area contributed by atoms with Gasteiger partial charge in [0.15, 0.2) is 0 Å². The Morgan fingerprint density at radius 3 is 2.47 bits per heavy atom. The molecule has 0 saturated carbocycles. The molecule has 0 fully saturated rings. The lowest BCUT2D eigenvalue weighted by molar-refractivity contribution is -0.150. The summed E-state index contributed by atoms with van der Waals surface area (Å²) in [6.07, 6.45) is 0. The number of benzene rings is 1. The van der Waals surface area contributed by atoms with Crippen LogP contribution < -0.4 is 9.64 Å². The Labute approximate surface area is 122 Å². The fourth-order valence-corrected chi connectivity index (χ4v) is 2.45. The summed E-state index contributed by atoms with van der Waals surface area (Å²) in [5, 5.41) is 0. The van der Waals surface area contributed by atoms with Crippen LogP contribution in [0.4, 0.5) is 5.69 Å². The quantitative estimate of drug-likeness (QED) is 0.778. The molecule has 106 valence electrons. The highest BCUT2D eigenvalue weighted by atomic mass is 79.9. The van der Waals surface area contributed by atoms with Gasteiger partial charge in [-0.2, -0.15) is 0 Å². The summed E-state index contributed by atoms with van der Waals surface area (Å²) in [5.41, 5.74) is 0.445. The normalized spacial score (nSPS) is 11.1. The van der Waals surface area contributed by atoms with Crippen molar-refractivity contribution in [1.82, 2.24) is 0 Å². The molecule has 1 rings (SSSR count). The Morgan fingerprint density at radius 1 is 1.37 bits per heavy atom. The van der Waals surface area contributed by atoms with Gasteiger partial charge in [0.05, 0.1) is 24.1 Å². The van der Waals surface area contributed by atoms with Gasteiger partial charge in [-0.25, -0.2) is 0 Å². The van der Waals surface area contributed by atoms with Crippen LogP contribution in [0.1, 0.15) is 13.8 Å². The van der Waals surface area contributed by atoms with E-state index in [-0.39, 0.29) is 5.97 Å². The Hall–Kier alpha value is -1.23. The lowest BCUT2D eigenvalue weighted by Gasteiger charge is -2.29. The van der Waals surface area contributed by atoms with E-state index in [1.54, 1.807) is 7.11 Å². The monoisotopic (exact) mass is 329 g/mol. The van der Waals surface area contributed by atoms with Gasteiger partial charge < -0.3 is 14.4 Å². The fraction of sp³-hybridized carbons (Fsp3) is 0.500. The lowest BCUT2D eigenvalue weighted by Crippen LogP contribution is -2.38. The minimum atomic E-state index is -0.560. The molecule has 0 heterocycles. The summed E-state index contributed by atoms with van der Waals surface area (Å²) in [5.74, 6) is 0.566. The third-order valence-electron chi connectivity index (χ3n) is 2.95. The Balaban J connectivity index is 2.86. The van der Waals surface area contributed by atoms with E-state index in [2.05, 4.69) is 15.9 Å². The van der Waals surface area contributed by atoms with Crippen molar-refractivity contribution in [1.29, 1.82) is 0 Å². The van der Waals surface area contributed by atoms with Crippen molar-refractivity contribution in [2.75, 3.05) is 32.7 Å². The van der Waals surface area contributed by atoms with E-state index >= 15 is 0 Å². The summed E-state index contributed by atoms with van der Waals surface area (Å²) in [6.45, 7) is 4.31. The molecular formula is C14H20BrNO3. The maximum atomic E-state index is 11.7. The first-order valence-corrected chi connectivity index (χ1v) is 6.74. The van der Waals surface area contributed by atoms with Gasteiger partial charge in [0.2, 0.25) is 0 Å². The number of anilines is 1. The number of hydrogen-bond acceptors (Lipinski definition) is 4. The number of esters is 1. The maximum Gasteiger partial charge on any atom is 0.313 e. The first kappa shape index (κ1) is 15.8. The van der Waals surface area contributed by atoms with Gasteiger partial charge in [-0.1, -0.05) is 0 Å². The van der Waals surface area contributed by atoms with E-state index in [0.29, 0.717) is 6.54 Å². The highest BCUT2D eigenvalue weighted by molar-refractivity contribution is 9.10. The number of methoxy groups -OCH3 is 2. The van der Waals surface area contributed by atoms with Gasteiger partial charge >= 0.3 is 5.97 Å². The number of ether oxygens (including phenoxy) is 2. The van der Waals surface area contributed by atoms with Crippen LogP contribution in [-0.2, 0) is 9.53 Å². The smallest absolute Gasteiger partial charge is 0.313 e. The number of hydrogen-bond donors (Lipinski definition) is 0. The van der Waals surface area contributed by atoms with Crippen LogP contribution >= 0.6 is 15.9 Å². The average Bonchev–Trinajstić information content (AvgIpc) is 2.36. The molecule has 0 radical (unpaired) electrons. The zero-order valence-electron chi connectivity index (χ0n) is 12.0. The first-order chi connectivity index (χ1) is 8.81. The molecule has 19 heavy (non-hydrogen) atoms. The highest BCUT2D eigenvalue weighted by Crippen LogP contribution is 2.30. The Morgan fingerprint density at radius 2 is 2.00 bits per heavy atom. The molecular weight excluding hydrogens is 310 g/mol. The topological polar surface area (TPSA) is 38.8 Å². The van der Waals surface area contributed by atoms with Crippen molar-refractivity contribution in [3.05, 3.63) is 22.7 Å². The second kappa shape index (κ2) is 6.28. The minimum Gasteiger partial charge on any atom is -0.496 e. The van der Waals surface area contributed by atoms with Gasteiger partial charge in [-0.3, -0.25) is 4.79 Å². The average molecular weight is 330 g/mol. The van der Waals surface area contributed by atoms with E-state index in [9.17, 15) is 4.79 Å². The van der Waals surface area contributed by atoms with Crippen molar-refractivity contribution >= 4 is 27.6 Å². The predicted octanol–water partition coefficient (Wildman–Crippen LogP) is 3.09. The van der Waals surface area contributed by atoms with Crippen LogP contribution in [0, 0.1) is 5.41 Å². The zero-order valence-corrected chi connectivity index (χ0v) is 13.6. The molecule has 0 aromatic heterocycles. The van der Waals surface area contributed by atoms with Gasteiger partial charge in [0, 0.05) is 19.3 Å². The second-order valence-electron chi connectivity index (χ2n) is 5.05. The van der Waals surface area contributed by atoms with Crippen LogP contribution in [-0.4, -0.2) is 33.8 Å². The van der Waals surface area contributed by atoms with E-state index in [1.807, 2.05) is 44.0 Å². The number of carbonyl (C=O) groups is 1. The van der Waals surface area contributed by atoms with Crippen LogP contribution in [0.3, 0.4) is 0 Å². The molecule has 0 bridgehead atoms. The number of nitrogens with zero attached hydrogens (tertiary/aromatic N) is 1. The Kier molecular flexibility index (Phi) is 5.23. The number of rotatable bonds is 5. The van der Waals surface area contributed by atoms with Gasteiger partial charge in [-0.15, -0.1) is 0 Å². The van der Waals surface area contributed by atoms with E-state index < -0.39 is 5.41 Å². The summed E-state index contributed by atoms with van der Waals surface area (Å²) >= 11 is 3.45. The molecule has 0 amide bonds. The molecule has 0 saturated heterocycles. The standard InChI is InChI=1S/C14H20BrNO3/c1-14(2,13(17)19-5)9-16(3)10-6-7-12(18-4)11(15)8-10/h6-8H,9H2,1-5H3. The van der Waals surface area contributed by atoms with Crippen molar-refractivity contribution in [2.24, 2.45) is 5.41 Å². The number of halogens is 1. The van der Waals surface area contributed by atoms with Gasteiger partial charge in [0.25, 0.3) is 0 Å². The van der Waals surface area contributed by atoms with Crippen molar-refractivity contribution < 1.29 is 14.3 Å². The number of carbonyl (C=O) groups excluding carboxylic acids is 1. The van der Waals surface area contributed by atoms with Crippen LogP contribution in [0.5, 0.6) is 5.75 Å². The molecule has 1 aromatic rings. The van der Waals surface area contributed by atoms with E-state index in [1.165, 1.54) is 7.11 Å². The van der Waals surface area contributed by atoms with Crippen LogP contribution in [0.15, 0.2) is 22.7 Å². The van der Waals surface area contributed by atoms with Crippen molar-refractivity contribution in [2.45, 2.75) is 13.8 Å². The zero-order chi connectivity index (χ0) is 14.6. The summed E-state index contributed by atoms with van der Waals surface area (Å²) in [4.78, 5) is 13.7. The molecule has 0 atom stereocenters. The van der Waals surface area contributed by atoms with E-state index in [0.717, 1.165) is 15.9 Å². The fourth-order valence-electron chi connectivity index (χ4n) is 1.92. The molecule has 1 aromatic carbocycles. The van der Waals surface area contributed by atoms with Crippen LogP contribution in [0.2, 0.25) is 0 Å². The second-order valence-corrected chi connectivity index (χ2v) is 5.90. The SMILES string of the molecule is COC(=O)C(C)(C)CN(C)c1ccc(OC)c(Br)c1. The first-order valence-electron chi connectivity index (χ1n) is 5.95.